The van der Waals surface area contributed by atoms with Crippen molar-refractivity contribution in [2.75, 3.05) is 37.6 Å². The van der Waals surface area contributed by atoms with E-state index in [1.54, 1.807) is 6.20 Å². The fourth-order valence-corrected chi connectivity index (χ4v) is 4.51. The molecule has 3 heterocycles. The van der Waals surface area contributed by atoms with Crippen molar-refractivity contribution in [2.24, 2.45) is 28.3 Å². The summed E-state index contributed by atoms with van der Waals surface area (Å²) in [6.45, 7) is 6.58. The highest BCUT2D eigenvalue weighted by molar-refractivity contribution is 14.0. The second kappa shape index (κ2) is 12.8. The Bertz CT molecular complexity index is 796. The Morgan fingerprint density at radius 3 is 2.62 bits per heavy atom. The first kappa shape index (κ1) is 26.1. The molecule has 0 bridgehead atoms. The van der Waals surface area contributed by atoms with Crippen LogP contribution in [-0.4, -0.2) is 60.4 Å². The first-order valence-corrected chi connectivity index (χ1v) is 11.3. The molecule has 178 valence electrons. The zero-order valence-electron chi connectivity index (χ0n) is 18.8. The summed E-state index contributed by atoms with van der Waals surface area (Å²) >= 11 is 0. The van der Waals surface area contributed by atoms with Gasteiger partial charge in [-0.15, -0.1) is 24.0 Å². The highest BCUT2D eigenvalue weighted by atomic mass is 127. The van der Waals surface area contributed by atoms with Crippen LogP contribution in [0.1, 0.15) is 44.6 Å². The molecule has 3 rings (SSSR count). The van der Waals surface area contributed by atoms with Gasteiger partial charge in [-0.3, -0.25) is 9.59 Å². The molecule has 9 nitrogen and oxygen atoms in total. The molecule has 1 aromatic rings. The lowest BCUT2D eigenvalue weighted by molar-refractivity contribution is -0.122. The Hall–Kier alpha value is -2.11. The van der Waals surface area contributed by atoms with E-state index in [1.165, 1.54) is 0 Å². The third-order valence-electron chi connectivity index (χ3n) is 6.11. The number of guanidine groups is 1. The van der Waals surface area contributed by atoms with Gasteiger partial charge in [0.05, 0.1) is 6.54 Å². The lowest BCUT2D eigenvalue weighted by atomic mass is 9.95. The van der Waals surface area contributed by atoms with Gasteiger partial charge in [-0.05, 0) is 44.6 Å². The van der Waals surface area contributed by atoms with Crippen LogP contribution in [0.25, 0.3) is 0 Å². The number of amides is 2. The highest BCUT2D eigenvalue weighted by Crippen LogP contribution is 2.25. The number of carbonyl (C=O) groups excluding carboxylic acids is 2. The molecule has 0 radical (unpaired) electrons. The zero-order valence-corrected chi connectivity index (χ0v) is 21.2. The number of hydrogen-bond donors (Lipinski definition) is 3. The molecule has 10 heteroatoms. The predicted molar refractivity (Wildman–Crippen MR) is 137 cm³/mol. The third-order valence-corrected chi connectivity index (χ3v) is 6.11. The van der Waals surface area contributed by atoms with E-state index in [-0.39, 0.29) is 47.6 Å². The quantitative estimate of drug-likeness (QED) is 0.265. The number of likely N-dealkylation sites (tertiary alicyclic amines) is 1. The molecule has 1 aromatic heterocycles. The van der Waals surface area contributed by atoms with E-state index in [0.29, 0.717) is 13.0 Å². The van der Waals surface area contributed by atoms with Crippen LogP contribution in [0.15, 0.2) is 23.3 Å². The van der Waals surface area contributed by atoms with Gasteiger partial charge in [0.1, 0.15) is 5.82 Å². The summed E-state index contributed by atoms with van der Waals surface area (Å²) in [5.41, 5.74) is 11.9. The number of aliphatic imine (C=N–C) groups is 1. The summed E-state index contributed by atoms with van der Waals surface area (Å²) < 4.78 is 0. The van der Waals surface area contributed by atoms with Gasteiger partial charge < -0.3 is 26.6 Å². The van der Waals surface area contributed by atoms with E-state index in [9.17, 15) is 9.59 Å². The predicted octanol–water partition coefficient (Wildman–Crippen LogP) is 1.45. The topological polar surface area (TPSA) is 130 Å². The second-order valence-corrected chi connectivity index (χ2v) is 8.44. The van der Waals surface area contributed by atoms with Crippen molar-refractivity contribution >= 4 is 47.6 Å². The number of anilines is 1. The van der Waals surface area contributed by atoms with Crippen LogP contribution >= 0.6 is 24.0 Å². The molecule has 0 spiro atoms. The van der Waals surface area contributed by atoms with E-state index in [1.807, 2.05) is 6.07 Å². The molecular formula is C22H36IN7O2. The molecule has 0 aliphatic carbocycles. The molecule has 2 aliphatic rings. The number of rotatable bonds is 7. The molecular weight excluding hydrogens is 521 g/mol. The van der Waals surface area contributed by atoms with Gasteiger partial charge in [0.2, 0.25) is 11.8 Å². The number of hydrogen-bond acceptors (Lipinski definition) is 5. The number of halogens is 1. The maximum Gasteiger partial charge on any atom is 0.220 e. The van der Waals surface area contributed by atoms with Crippen LogP contribution < -0.4 is 21.7 Å². The highest BCUT2D eigenvalue weighted by Gasteiger charge is 2.26. The van der Waals surface area contributed by atoms with Crippen LogP contribution in [0.4, 0.5) is 5.82 Å². The van der Waals surface area contributed by atoms with E-state index in [0.717, 1.165) is 75.7 Å². The minimum absolute atomic E-state index is 0. The number of pyridine rings is 1. The monoisotopic (exact) mass is 557 g/mol. The molecule has 2 amide bonds. The Morgan fingerprint density at radius 1 is 1.22 bits per heavy atom. The van der Waals surface area contributed by atoms with Crippen molar-refractivity contribution in [1.82, 2.24) is 15.2 Å². The van der Waals surface area contributed by atoms with Gasteiger partial charge in [-0.1, -0.05) is 6.07 Å². The molecule has 2 fully saturated rings. The molecule has 1 atom stereocenters. The van der Waals surface area contributed by atoms with Gasteiger partial charge in [0.25, 0.3) is 0 Å². The number of nitrogens with one attached hydrogen (secondary N) is 1. The van der Waals surface area contributed by atoms with E-state index in [4.69, 9.17) is 16.5 Å². The molecule has 1 unspecified atom stereocenters. The largest absolute Gasteiger partial charge is 0.370 e. The summed E-state index contributed by atoms with van der Waals surface area (Å²) in [5.74, 6) is 1.56. The molecule has 2 aliphatic heterocycles. The van der Waals surface area contributed by atoms with Crippen LogP contribution in [0.3, 0.4) is 0 Å². The normalized spacial score (nSPS) is 19.9. The van der Waals surface area contributed by atoms with Crippen molar-refractivity contribution in [3.05, 3.63) is 23.9 Å². The number of carbonyl (C=O) groups is 2. The number of aromatic nitrogens is 1. The Balaban J connectivity index is 0.00000363. The fraction of sp³-hybridized carbons (Fsp3) is 0.636. The second-order valence-electron chi connectivity index (χ2n) is 8.44. The minimum atomic E-state index is -0.242. The van der Waals surface area contributed by atoms with Crippen LogP contribution in [0.5, 0.6) is 0 Å². The Morgan fingerprint density at radius 2 is 1.97 bits per heavy atom. The molecule has 0 saturated carbocycles. The smallest absolute Gasteiger partial charge is 0.220 e. The maximum atomic E-state index is 11.5. The average molecular weight is 557 g/mol. The van der Waals surface area contributed by atoms with Crippen molar-refractivity contribution in [3.8, 4) is 0 Å². The molecule has 5 N–H and O–H groups in total. The molecule has 2 saturated heterocycles. The summed E-state index contributed by atoms with van der Waals surface area (Å²) in [7, 11) is 0. The summed E-state index contributed by atoms with van der Waals surface area (Å²) in [5, 5.41) is 3.39. The first-order chi connectivity index (χ1) is 15.0. The van der Waals surface area contributed by atoms with E-state index in [2.05, 4.69) is 33.1 Å². The minimum Gasteiger partial charge on any atom is -0.370 e. The van der Waals surface area contributed by atoms with Crippen molar-refractivity contribution in [3.63, 3.8) is 0 Å². The first-order valence-electron chi connectivity index (χ1n) is 11.3. The van der Waals surface area contributed by atoms with Crippen molar-refractivity contribution in [2.45, 2.75) is 45.6 Å². The fourth-order valence-electron chi connectivity index (χ4n) is 4.51. The lowest BCUT2D eigenvalue weighted by Gasteiger charge is -2.35. The zero-order chi connectivity index (χ0) is 22.2. The van der Waals surface area contributed by atoms with Crippen molar-refractivity contribution < 1.29 is 9.59 Å². The number of piperidine rings is 2. The molecule has 0 aromatic carbocycles. The summed E-state index contributed by atoms with van der Waals surface area (Å²) in [6.07, 6.45) is 5.78. The van der Waals surface area contributed by atoms with Crippen LogP contribution in [0, 0.1) is 11.8 Å². The lowest BCUT2D eigenvalue weighted by Crippen LogP contribution is -2.47. The van der Waals surface area contributed by atoms with Gasteiger partial charge in [-0.2, -0.15) is 0 Å². The van der Waals surface area contributed by atoms with E-state index < -0.39 is 0 Å². The van der Waals surface area contributed by atoms with E-state index >= 15 is 0 Å². The third kappa shape index (κ3) is 7.21. The maximum absolute atomic E-state index is 11.5. The molecule has 32 heavy (non-hydrogen) atoms. The average Bonchev–Trinajstić information content (AvgIpc) is 2.76. The van der Waals surface area contributed by atoms with Gasteiger partial charge in [0.15, 0.2) is 5.96 Å². The van der Waals surface area contributed by atoms with Gasteiger partial charge in [0, 0.05) is 56.8 Å². The number of nitrogens with zero attached hydrogens (tertiary/aromatic N) is 4. The Kier molecular flexibility index (Phi) is 10.5. The SMILES string of the molecule is CCNC(=NCc1cccnc1N1CCC(C(N)=O)CC1)N1CCCC(CC(N)=O)C1.I. The summed E-state index contributed by atoms with van der Waals surface area (Å²) in [6, 6.07) is 3.99. The number of nitrogens with two attached hydrogens (primary N) is 2. The Labute approximate surface area is 207 Å². The van der Waals surface area contributed by atoms with Crippen molar-refractivity contribution in [1.29, 1.82) is 0 Å². The summed E-state index contributed by atoms with van der Waals surface area (Å²) in [4.78, 5) is 36.8. The van der Waals surface area contributed by atoms with Crippen LogP contribution in [0.2, 0.25) is 0 Å². The van der Waals surface area contributed by atoms with Gasteiger partial charge >= 0.3 is 0 Å². The standard InChI is InChI=1S/C22H35N7O2.HI/c1-2-25-22(29-10-4-5-16(15-29)13-19(23)30)27-14-18-6-3-9-26-21(18)28-11-7-17(8-12-28)20(24)31;/h3,6,9,16-17H,2,4-5,7-8,10-15H2,1H3,(H2,23,30)(H2,24,31)(H,25,27);1H. The van der Waals surface area contributed by atoms with Gasteiger partial charge in [-0.25, -0.2) is 9.98 Å². The van der Waals surface area contributed by atoms with Crippen LogP contribution in [-0.2, 0) is 16.1 Å². The number of primary amides is 2.